The fourth-order valence-electron chi connectivity index (χ4n) is 2.60. The molecule has 0 saturated carbocycles. The third-order valence-corrected chi connectivity index (χ3v) is 5.58. The van der Waals surface area contributed by atoms with Gasteiger partial charge < -0.3 is 9.30 Å². The molecular formula is C17H18N2O3S. The summed E-state index contributed by atoms with van der Waals surface area (Å²) in [7, 11) is -1.89. The minimum Gasteiger partial charge on any atom is -0.495 e. The van der Waals surface area contributed by atoms with Gasteiger partial charge >= 0.3 is 0 Å². The lowest BCUT2D eigenvalue weighted by Crippen LogP contribution is -2.10. The summed E-state index contributed by atoms with van der Waals surface area (Å²) in [5.74, 6) is 0.459. The molecule has 3 aromatic rings. The SMILES string of the molecule is COc1ccccc1S(=O)(=O)CCCn1cnc2ccccc21. The molecule has 0 saturated heterocycles. The van der Waals surface area contributed by atoms with Gasteiger partial charge in [-0.05, 0) is 30.7 Å². The first kappa shape index (κ1) is 15.6. The summed E-state index contributed by atoms with van der Waals surface area (Å²) in [4.78, 5) is 4.56. The number of hydrogen-bond acceptors (Lipinski definition) is 4. The van der Waals surface area contributed by atoms with Crippen molar-refractivity contribution >= 4 is 20.9 Å². The zero-order chi connectivity index (χ0) is 16.3. The van der Waals surface area contributed by atoms with E-state index in [2.05, 4.69) is 4.98 Å². The highest BCUT2D eigenvalue weighted by Crippen LogP contribution is 2.24. The fraction of sp³-hybridized carbons (Fsp3) is 0.235. The van der Waals surface area contributed by atoms with Crippen molar-refractivity contribution in [1.82, 2.24) is 9.55 Å². The van der Waals surface area contributed by atoms with Crippen LogP contribution in [-0.2, 0) is 16.4 Å². The molecule has 6 heteroatoms. The number of imidazole rings is 1. The van der Waals surface area contributed by atoms with Crippen molar-refractivity contribution in [1.29, 1.82) is 0 Å². The Balaban J connectivity index is 1.72. The highest BCUT2D eigenvalue weighted by Gasteiger charge is 2.18. The number of aromatic nitrogens is 2. The fourth-order valence-corrected chi connectivity index (χ4v) is 4.07. The van der Waals surface area contributed by atoms with Gasteiger partial charge in [-0.2, -0.15) is 0 Å². The predicted molar refractivity (Wildman–Crippen MR) is 89.4 cm³/mol. The second-order valence-electron chi connectivity index (χ2n) is 5.25. The standard InChI is InChI=1S/C17H18N2O3S/c1-22-16-9-4-5-10-17(16)23(20,21)12-6-11-19-13-18-14-7-2-3-8-15(14)19/h2-5,7-10,13H,6,11-12H2,1H3. The first-order chi connectivity index (χ1) is 11.1. The maximum Gasteiger partial charge on any atom is 0.182 e. The molecule has 0 aliphatic carbocycles. The summed E-state index contributed by atoms with van der Waals surface area (Å²) in [5.41, 5.74) is 1.93. The van der Waals surface area contributed by atoms with Gasteiger partial charge in [-0.3, -0.25) is 0 Å². The Bertz CT molecular complexity index is 916. The van der Waals surface area contributed by atoms with E-state index in [1.54, 1.807) is 30.6 Å². The molecule has 0 radical (unpaired) electrons. The zero-order valence-corrected chi connectivity index (χ0v) is 13.7. The molecule has 1 heterocycles. The average molecular weight is 330 g/mol. The van der Waals surface area contributed by atoms with E-state index < -0.39 is 9.84 Å². The van der Waals surface area contributed by atoms with E-state index in [0.717, 1.165) is 11.0 Å². The molecule has 0 aliphatic rings. The number of methoxy groups -OCH3 is 1. The van der Waals surface area contributed by atoms with E-state index in [9.17, 15) is 8.42 Å². The molecule has 0 unspecified atom stereocenters. The second-order valence-corrected chi connectivity index (χ2v) is 7.33. The van der Waals surface area contributed by atoms with Crippen LogP contribution in [0.25, 0.3) is 11.0 Å². The average Bonchev–Trinajstić information content (AvgIpc) is 2.98. The number of benzene rings is 2. The number of rotatable bonds is 6. The van der Waals surface area contributed by atoms with E-state index in [0.29, 0.717) is 18.7 Å². The van der Waals surface area contributed by atoms with Crippen LogP contribution in [0.4, 0.5) is 0 Å². The molecule has 0 amide bonds. The van der Waals surface area contributed by atoms with Gasteiger partial charge in [0.25, 0.3) is 0 Å². The predicted octanol–water partition coefficient (Wildman–Crippen LogP) is 2.91. The zero-order valence-electron chi connectivity index (χ0n) is 12.8. The Morgan fingerprint density at radius 1 is 1.09 bits per heavy atom. The molecular weight excluding hydrogens is 312 g/mol. The van der Waals surface area contributed by atoms with Crippen molar-refractivity contribution in [2.24, 2.45) is 0 Å². The summed E-state index contributed by atoms with van der Waals surface area (Å²) >= 11 is 0. The van der Waals surface area contributed by atoms with Gasteiger partial charge in [0.1, 0.15) is 10.6 Å². The summed E-state index contributed by atoms with van der Waals surface area (Å²) in [5, 5.41) is 0. The number of sulfone groups is 1. The molecule has 120 valence electrons. The molecule has 5 nitrogen and oxygen atoms in total. The van der Waals surface area contributed by atoms with Crippen LogP contribution in [0.15, 0.2) is 59.8 Å². The van der Waals surface area contributed by atoms with Gasteiger partial charge in [0.15, 0.2) is 9.84 Å². The summed E-state index contributed by atoms with van der Waals surface area (Å²) < 4.78 is 32.1. The van der Waals surface area contributed by atoms with E-state index in [4.69, 9.17) is 4.74 Å². The lowest BCUT2D eigenvalue weighted by molar-refractivity contribution is 0.402. The molecule has 3 rings (SSSR count). The minimum absolute atomic E-state index is 0.0693. The second kappa shape index (κ2) is 6.42. The topological polar surface area (TPSA) is 61.2 Å². The van der Waals surface area contributed by atoms with E-state index >= 15 is 0 Å². The Morgan fingerprint density at radius 3 is 2.65 bits per heavy atom. The summed E-state index contributed by atoms with van der Waals surface area (Å²) in [6, 6.07) is 14.5. The van der Waals surface area contributed by atoms with Gasteiger partial charge in [-0.15, -0.1) is 0 Å². The molecule has 0 N–H and O–H groups in total. The Kier molecular flexibility index (Phi) is 4.34. The first-order valence-electron chi connectivity index (χ1n) is 7.37. The Hall–Kier alpha value is -2.34. The monoisotopic (exact) mass is 330 g/mol. The van der Waals surface area contributed by atoms with Gasteiger partial charge in [-0.1, -0.05) is 24.3 Å². The highest BCUT2D eigenvalue weighted by atomic mass is 32.2. The van der Waals surface area contributed by atoms with E-state index in [-0.39, 0.29) is 10.6 Å². The maximum atomic E-state index is 12.5. The number of fused-ring (bicyclic) bond motifs is 1. The third kappa shape index (κ3) is 3.22. The molecule has 0 fully saturated rings. The van der Waals surface area contributed by atoms with Crippen LogP contribution >= 0.6 is 0 Å². The van der Waals surface area contributed by atoms with Gasteiger partial charge in [-0.25, -0.2) is 13.4 Å². The number of nitrogens with zero attached hydrogens (tertiary/aromatic N) is 2. The van der Waals surface area contributed by atoms with Gasteiger partial charge in [0.2, 0.25) is 0 Å². The maximum absolute atomic E-state index is 12.5. The molecule has 1 aromatic heterocycles. The lowest BCUT2D eigenvalue weighted by atomic mass is 10.3. The van der Waals surface area contributed by atoms with Crippen molar-refractivity contribution in [2.75, 3.05) is 12.9 Å². The van der Waals surface area contributed by atoms with Crippen LogP contribution in [-0.4, -0.2) is 30.8 Å². The van der Waals surface area contributed by atoms with E-state index in [1.807, 2.05) is 28.8 Å². The Labute approximate surface area is 135 Å². The summed E-state index contributed by atoms with van der Waals surface area (Å²) in [6.07, 6.45) is 2.27. The van der Waals surface area contributed by atoms with Crippen LogP contribution in [0.2, 0.25) is 0 Å². The lowest BCUT2D eigenvalue weighted by Gasteiger charge is -2.09. The number of para-hydroxylation sites is 3. The number of ether oxygens (including phenoxy) is 1. The van der Waals surface area contributed by atoms with Crippen molar-refractivity contribution in [2.45, 2.75) is 17.9 Å². The van der Waals surface area contributed by atoms with Crippen LogP contribution in [0, 0.1) is 0 Å². The van der Waals surface area contributed by atoms with Crippen molar-refractivity contribution in [3.63, 3.8) is 0 Å². The smallest absolute Gasteiger partial charge is 0.182 e. The summed E-state index contributed by atoms with van der Waals surface area (Å²) in [6.45, 7) is 0.606. The highest BCUT2D eigenvalue weighted by molar-refractivity contribution is 7.91. The van der Waals surface area contributed by atoms with Crippen molar-refractivity contribution < 1.29 is 13.2 Å². The van der Waals surface area contributed by atoms with Gasteiger partial charge in [0.05, 0.1) is 30.2 Å². The number of hydrogen-bond donors (Lipinski definition) is 0. The molecule has 0 bridgehead atoms. The Morgan fingerprint density at radius 2 is 1.83 bits per heavy atom. The van der Waals surface area contributed by atoms with Crippen LogP contribution in [0.1, 0.15) is 6.42 Å². The molecule has 0 atom stereocenters. The first-order valence-corrected chi connectivity index (χ1v) is 9.03. The minimum atomic E-state index is -3.37. The number of aryl methyl sites for hydroxylation is 1. The normalized spacial score (nSPS) is 11.7. The van der Waals surface area contributed by atoms with Gasteiger partial charge in [0, 0.05) is 6.54 Å². The van der Waals surface area contributed by atoms with E-state index in [1.165, 1.54) is 7.11 Å². The van der Waals surface area contributed by atoms with Crippen molar-refractivity contribution in [3.05, 3.63) is 54.9 Å². The molecule has 0 spiro atoms. The van der Waals surface area contributed by atoms with Crippen LogP contribution in [0.5, 0.6) is 5.75 Å². The third-order valence-electron chi connectivity index (χ3n) is 3.74. The van der Waals surface area contributed by atoms with Crippen LogP contribution in [0.3, 0.4) is 0 Å². The van der Waals surface area contributed by atoms with Crippen molar-refractivity contribution in [3.8, 4) is 5.75 Å². The van der Waals surface area contributed by atoms with Crippen LogP contribution < -0.4 is 4.74 Å². The quantitative estimate of drug-likeness (QED) is 0.697. The molecule has 23 heavy (non-hydrogen) atoms. The molecule has 2 aromatic carbocycles. The largest absolute Gasteiger partial charge is 0.495 e. The molecule has 0 aliphatic heterocycles.